The molecule has 1 unspecified atom stereocenters. The quantitative estimate of drug-likeness (QED) is 0.269. The Balaban J connectivity index is 1.60. The minimum Gasteiger partial charge on any atom is -0.434 e. The summed E-state index contributed by atoms with van der Waals surface area (Å²) >= 11 is 1.64. The first kappa shape index (κ1) is 22.2. The number of benzene rings is 2. The number of carbonyl (C=O) groups is 1. The van der Waals surface area contributed by atoms with Gasteiger partial charge < -0.3 is 10.1 Å². The molecule has 2 aromatic carbocycles. The molecule has 0 radical (unpaired) electrons. The van der Waals surface area contributed by atoms with Gasteiger partial charge in [0.1, 0.15) is 5.75 Å². The van der Waals surface area contributed by atoms with E-state index in [0.29, 0.717) is 28.6 Å². The number of nitrogens with one attached hydrogen (secondary N) is 1. The van der Waals surface area contributed by atoms with E-state index in [2.05, 4.69) is 20.3 Å². The minimum absolute atomic E-state index is 0.0362. The van der Waals surface area contributed by atoms with Crippen LogP contribution in [-0.4, -0.2) is 34.9 Å². The molecule has 1 heterocycles. The van der Waals surface area contributed by atoms with Crippen molar-refractivity contribution in [2.24, 2.45) is 10.2 Å². The Morgan fingerprint density at radius 3 is 2.57 bits per heavy atom. The number of halogens is 4. The van der Waals surface area contributed by atoms with Crippen LogP contribution in [-0.2, 0) is 11.2 Å². The monoisotopic (exact) mass is 457 g/mol. The molecule has 2 aromatic rings. The second-order valence-electron chi connectivity index (χ2n) is 5.89. The van der Waals surface area contributed by atoms with Gasteiger partial charge in [0.25, 0.3) is 5.76 Å². The lowest BCUT2D eigenvalue weighted by atomic mass is 10.1. The summed E-state index contributed by atoms with van der Waals surface area (Å²) in [5.41, 5.74) is 1.14. The van der Waals surface area contributed by atoms with Crippen LogP contribution in [0.5, 0.6) is 5.75 Å². The molecule has 0 saturated carbocycles. The highest BCUT2D eigenvalue weighted by Gasteiger charge is 2.30. The topological polar surface area (TPSA) is 63.0 Å². The van der Waals surface area contributed by atoms with Gasteiger partial charge in [-0.2, -0.15) is 22.7 Å². The van der Waals surface area contributed by atoms with Gasteiger partial charge in [0.15, 0.2) is 5.17 Å². The summed E-state index contributed by atoms with van der Waals surface area (Å²) in [7, 11) is 0. The van der Waals surface area contributed by atoms with E-state index in [4.69, 9.17) is 0 Å². The van der Waals surface area contributed by atoms with Gasteiger partial charge in [-0.25, -0.2) is 0 Å². The molecule has 1 fully saturated rings. The number of alkyl halides is 4. The van der Waals surface area contributed by atoms with Gasteiger partial charge in [-0.1, -0.05) is 47.8 Å². The smallest absolute Gasteiger partial charge is 0.387 e. The second-order valence-corrected chi connectivity index (χ2v) is 8.14. The molecule has 30 heavy (non-hydrogen) atoms. The number of hydrogen-bond donors (Lipinski definition) is 1. The normalized spacial score (nSPS) is 18.0. The van der Waals surface area contributed by atoms with Gasteiger partial charge in [0.2, 0.25) is 5.91 Å². The van der Waals surface area contributed by atoms with Crippen LogP contribution in [0.1, 0.15) is 11.1 Å². The zero-order valence-corrected chi connectivity index (χ0v) is 16.8. The van der Waals surface area contributed by atoms with Crippen LogP contribution in [0.4, 0.5) is 17.6 Å². The number of ether oxygens (including phenoxy) is 1. The van der Waals surface area contributed by atoms with E-state index >= 15 is 0 Å². The van der Waals surface area contributed by atoms with Crippen LogP contribution in [0.15, 0.2) is 63.6 Å². The Labute approximate surface area is 178 Å². The molecule has 1 N–H and O–H groups in total. The standard InChI is InChI=1S/C19H15F4N3O2S2/c20-17(21)28-14-4-2-1-3-12(14)10-24-26-19-25-16(27)15(30-19)9-11-5-7-13(8-6-11)29-18(22)23/h1-8,10,15,17-18H,9H2,(H,25,26,27)/b24-10+. The largest absolute Gasteiger partial charge is 0.434 e. The summed E-state index contributed by atoms with van der Waals surface area (Å²) in [6.07, 6.45) is 1.65. The minimum atomic E-state index is -2.96. The van der Waals surface area contributed by atoms with Crippen molar-refractivity contribution in [3.63, 3.8) is 0 Å². The van der Waals surface area contributed by atoms with Gasteiger partial charge in [-0.05, 0) is 36.2 Å². The van der Waals surface area contributed by atoms with Gasteiger partial charge in [-0.3, -0.25) is 4.79 Å². The number of amidine groups is 1. The maximum Gasteiger partial charge on any atom is 0.387 e. The maximum atomic E-state index is 12.4. The van der Waals surface area contributed by atoms with E-state index in [1.54, 1.807) is 42.5 Å². The van der Waals surface area contributed by atoms with Crippen molar-refractivity contribution in [1.82, 2.24) is 5.32 Å². The summed E-state index contributed by atoms with van der Waals surface area (Å²) in [4.78, 5) is 12.6. The fourth-order valence-corrected chi connectivity index (χ4v) is 4.01. The molecule has 0 spiro atoms. The second kappa shape index (κ2) is 10.5. The van der Waals surface area contributed by atoms with Crippen molar-refractivity contribution >= 4 is 40.8 Å². The highest BCUT2D eigenvalue weighted by Crippen LogP contribution is 2.27. The molecule has 158 valence electrons. The van der Waals surface area contributed by atoms with Gasteiger partial charge in [0, 0.05) is 10.5 Å². The maximum absolute atomic E-state index is 12.4. The van der Waals surface area contributed by atoms with Crippen molar-refractivity contribution in [2.45, 2.75) is 28.9 Å². The molecule has 0 aliphatic carbocycles. The lowest BCUT2D eigenvalue weighted by molar-refractivity contribution is -0.118. The number of para-hydroxylation sites is 1. The van der Waals surface area contributed by atoms with Crippen molar-refractivity contribution in [3.8, 4) is 5.75 Å². The van der Waals surface area contributed by atoms with Crippen molar-refractivity contribution in [2.75, 3.05) is 0 Å². The first-order valence-electron chi connectivity index (χ1n) is 8.57. The van der Waals surface area contributed by atoms with Crippen LogP contribution >= 0.6 is 23.5 Å². The molecule has 1 aliphatic rings. The predicted octanol–water partition coefficient (Wildman–Crippen LogP) is 4.77. The Morgan fingerprint density at radius 1 is 1.13 bits per heavy atom. The third kappa shape index (κ3) is 6.49. The zero-order valence-electron chi connectivity index (χ0n) is 15.2. The lowest BCUT2D eigenvalue weighted by Gasteiger charge is -2.06. The van der Waals surface area contributed by atoms with Gasteiger partial charge >= 0.3 is 6.61 Å². The Hall–Kier alpha value is -2.53. The highest BCUT2D eigenvalue weighted by molar-refractivity contribution is 8.15. The third-order valence-corrected chi connectivity index (χ3v) is 5.62. The number of hydrogen-bond acceptors (Lipinski definition) is 6. The predicted molar refractivity (Wildman–Crippen MR) is 110 cm³/mol. The van der Waals surface area contributed by atoms with E-state index in [0.717, 1.165) is 5.56 Å². The zero-order chi connectivity index (χ0) is 21.5. The van der Waals surface area contributed by atoms with Crippen molar-refractivity contribution < 1.29 is 27.1 Å². The number of amides is 1. The van der Waals surface area contributed by atoms with Gasteiger partial charge in [-0.15, -0.1) is 5.10 Å². The molecule has 1 saturated heterocycles. The van der Waals surface area contributed by atoms with E-state index in [9.17, 15) is 22.4 Å². The summed E-state index contributed by atoms with van der Waals surface area (Å²) in [5.74, 6) is -2.77. The lowest BCUT2D eigenvalue weighted by Crippen LogP contribution is -2.25. The van der Waals surface area contributed by atoms with E-state index in [1.165, 1.54) is 24.0 Å². The molecular formula is C19H15F4N3O2S2. The molecule has 0 bridgehead atoms. The fraction of sp³-hybridized carbons (Fsp3) is 0.211. The Kier molecular flexibility index (Phi) is 7.75. The molecule has 11 heteroatoms. The molecule has 1 amide bonds. The summed E-state index contributed by atoms with van der Waals surface area (Å²) < 4.78 is 54.0. The summed E-state index contributed by atoms with van der Waals surface area (Å²) in [6.45, 7) is -2.96. The van der Waals surface area contributed by atoms with Gasteiger partial charge in [0.05, 0.1) is 11.5 Å². The van der Waals surface area contributed by atoms with Crippen LogP contribution in [0, 0.1) is 0 Å². The number of carbonyl (C=O) groups excluding carboxylic acids is 1. The average molecular weight is 457 g/mol. The van der Waals surface area contributed by atoms with Crippen LogP contribution < -0.4 is 10.1 Å². The number of rotatable bonds is 8. The fourth-order valence-electron chi connectivity index (χ4n) is 2.54. The summed E-state index contributed by atoms with van der Waals surface area (Å²) in [5, 5.41) is 10.2. The highest BCUT2D eigenvalue weighted by atomic mass is 32.2. The number of thioether (sulfide) groups is 2. The molecular weight excluding hydrogens is 442 g/mol. The first-order valence-corrected chi connectivity index (χ1v) is 10.3. The molecule has 5 nitrogen and oxygen atoms in total. The average Bonchev–Trinajstić information content (AvgIpc) is 3.03. The van der Waals surface area contributed by atoms with Crippen molar-refractivity contribution in [3.05, 3.63) is 59.7 Å². The Morgan fingerprint density at radius 2 is 1.87 bits per heavy atom. The van der Waals surface area contributed by atoms with Crippen molar-refractivity contribution in [1.29, 1.82) is 0 Å². The first-order chi connectivity index (χ1) is 14.4. The third-order valence-electron chi connectivity index (χ3n) is 3.83. The SMILES string of the molecule is O=C1N/C(=N\N=C\c2ccccc2OC(F)F)SC1Cc1ccc(SC(F)F)cc1. The number of nitrogens with zero attached hydrogens (tertiary/aromatic N) is 2. The van der Waals surface area contributed by atoms with Crippen LogP contribution in [0.25, 0.3) is 0 Å². The van der Waals surface area contributed by atoms with Crippen LogP contribution in [0.2, 0.25) is 0 Å². The molecule has 1 atom stereocenters. The molecule has 0 aromatic heterocycles. The van der Waals surface area contributed by atoms with Crippen LogP contribution in [0.3, 0.4) is 0 Å². The molecule has 3 rings (SSSR count). The van der Waals surface area contributed by atoms with E-state index < -0.39 is 17.6 Å². The van der Waals surface area contributed by atoms with E-state index in [1.807, 2.05) is 0 Å². The van der Waals surface area contributed by atoms with E-state index in [-0.39, 0.29) is 16.8 Å². The summed E-state index contributed by atoms with van der Waals surface area (Å²) in [6, 6.07) is 12.7. The molecule has 1 aliphatic heterocycles. The Bertz CT molecular complexity index is 940.